The minimum atomic E-state index is 0. The van der Waals surface area contributed by atoms with Gasteiger partial charge in [-0.05, 0) is 31.4 Å². The smallest absolute Gasteiger partial charge is 0.190 e. The number of hydrogen-bond donors (Lipinski definition) is 2. The molecule has 0 aliphatic carbocycles. The van der Waals surface area contributed by atoms with Crippen molar-refractivity contribution in [3.8, 4) is 0 Å². The Bertz CT molecular complexity index is 489. The lowest BCUT2D eigenvalue weighted by molar-refractivity contribution is 0.105. The Morgan fingerprint density at radius 1 is 1.33 bits per heavy atom. The molecule has 0 atom stereocenters. The number of halogens is 1. The van der Waals surface area contributed by atoms with E-state index in [4.69, 9.17) is 13.9 Å². The van der Waals surface area contributed by atoms with E-state index in [0.717, 1.165) is 57.3 Å². The monoisotopic (exact) mass is 449 g/mol. The standard InChI is InChI=1S/C17H27N3O3.HI/c1-18-17(20-9-5-15-6-12-21-13-7-15)19-8-3-10-22-14-16-4-2-11-23-16;/h2,4,6,11H,3,5,7-10,12-14H2,1H3,(H2,18,19,20);1H. The Morgan fingerprint density at radius 2 is 2.21 bits per heavy atom. The summed E-state index contributed by atoms with van der Waals surface area (Å²) in [5.74, 6) is 1.70. The van der Waals surface area contributed by atoms with Gasteiger partial charge in [0.25, 0.3) is 0 Å². The fourth-order valence-corrected chi connectivity index (χ4v) is 2.30. The second-order valence-corrected chi connectivity index (χ2v) is 5.35. The van der Waals surface area contributed by atoms with E-state index in [1.807, 2.05) is 12.1 Å². The first-order valence-corrected chi connectivity index (χ1v) is 8.19. The third-order valence-electron chi connectivity index (χ3n) is 3.60. The molecule has 2 N–H and O–H groups in total. The van der Waals surface area contributed by atoms with Gasteiger partial charge in [-0.3, -0.25) is 4.99 Å². The molecule has 0 fully saturated rings. The zero-order chi connectivity index (χ0) is 16.2. The molecule has 0 saturated heterocycles. The van der Waals surface area contributed by atoms with Gasteiger partial charge < -0.3 is 24.5 Å². The number of rotatable bonds is 9. The molecule has 1 aliphatic rings. The number of nitrogens with one attached hydrogen (secondary N) is 2. The van der Waals surface area contributed by atoms with Crippen molar-refractivity contribution in [2.75, 3.05) is 40.0 Å². The highest BCUT2D eigenvalue weighted by Gasteiger charge is 2.04. The van der Waals surface area contributed by atoms with Crippen LogP contribution in [0.1, 0.15) is 25.0 Å². The van der Waals surface area contributed by atoms with Crippen molar-refractivity contribution < 1.29 is 13.9 Å². The maximum absolute atomic E-state index is 5.54. The molecule has 6 nitrogen and oxygen atoms in total. The lowest BCUT2D eigenvalue weighted by Crippen LogP contribution is -2.38. The van der Waals surface area contributed by atoms with Gasteiger partial charge in [0.15, 0.2) is 5.96 Å². The van der Waals surface area contributed by atoms with Crippen molar-refractivity contribution >= 4 is 29.9 Å². The molecule has 2 rings (SSSR count). The molecule has 2 heterocycles. The lowest BCUT2D eigenvalue weighted by Gasteiger charge is -2.15. The minimum Gasteiger partial charge on any atom is -0.467 e. The summed E-state index contributed by atoms with van der Waals surface area (Å²) < 4.78 is 16.1. The van der Waals surface area contributed by atoms with E-state index in [1.54, 1.807) is 13.3 Å². The van der Waals surface area contributed by atoms with Crippen LogP contribution >= 0.6 is 24.0 Å². The molecule has 7 heteroatoms. The molecule has 1 aromatic rings. The molecule has 0 radical (unpaired) electrons. The SMILES string of the molecule is CN=C(NCCCOCc1ccco1)NCCC1=CCOCC1.I. The first-order valence-electron chi connectivity index (χ1n) is 8.19. The Morgan fingerprint density at radius 3 is 2.92 bits per heavy atom. The minimum absolute atomic E-state index is 0. The lowest BCUT2D eigenvalue weighted by atomic mass is 10.1. The summed E-state index contributed by atoms with van der Waals surface area (Å²) in [7, 11) is 1.79. The molecule has 0 amide bonds. The first-order chi connectivity index (χ1) is 11.4. The van der Waals surface area contributed by atoms with Crippen molar-refractivity contribution in [3.63, 3.8) is 0 Å². The van der Waals surface area contributed by atoms with E-state index in [-0.39, 0.29) is 24.0 Å². The van der Waals surface area contributed by atoms with Gasteiger partial charge in [-0.2, -0.15) is 0 Å². The van der Waals surface area contributed by atoms with Crippen molar-refractivity contribution in [3.05, 3.63) is 35.8 Å². The predicted molar refractivity (Wildman–Crippen MR) is 106 cm³/mol. The molecule has 0 aromatic carbocycles. The van der Waals surface area contributed by atoms with Crippen LogP contribution in [-0.4, -0.2) is 45.9 Å². The maximum atomic E-state index is 5.54. The van der Waals surface area contributed by atoms with Crippen LogP contribution in [0.15, 0.2) is 39.5 Å². The number of ether oxygens (including phenoxy) is 2. The first kappa shape index (κ1) is 21.0. The molecular formula is C17H28IN3O3. The summed E-state index contributed by atoms with van der Waals surface area (Å²) in [4.78, 5) is 4.22. The van der Waals surface area contributed by atoms with Crippen LogP contribution in [0.2, 0.25) is 0 Å². The van der Waals surface area contributed by atoms with Crippen LogP contribution in [-0.2, 0) is 16.1 Å². The quantitative estimate of drug-likeness (QED) is 0.200. The average Bonchev–Trinajstić information content (AvgIpc) is 3.10. The topological polar surface area (TPSA) is 68.0 Å². The van der Waals surface area contributed by atoms with Crippen molar-refractivity contribution in [2.24, 2.45) is 4.99 Å². The van der Waals surface area contributed by atoms with E-state index >= 15 is 0 Å². The fourth-order valence-electron chi connectivity index (χ4n) is 2.30. The number of hydrogen-bond acceptors (Lipinski definition) is 4. The highest BCUT2D eigenvalue weighted by atomic mass is 127. The third-order valence-corrected chi connectivity index (χ3v) is 3.60. The normalized spacial score (nSPS) is 14.7. The van der Waals surface area contributed by atoms with Gasteiger partial charge in [-0.1, -0.05) is 11.6 Å². The van der Waals surface area contributed by atoms with Crippen molar-refractivity contribution in [1.29, 1.82) is 0 Å². The number of nitrogens with zero attached hydrogens (tertiary/aromatic N) is 1. The Kier molecular flexibility index (Phi) is 11.6. The van der Waals surface area contributed by atoms with Gasteiger partial charge >= 0.3 is 0 Å². The fraction of sp³-hybridized carbons (Fsp3) is 0.588. The van der Waals surface area contributed by atoms with Gasteiger partial charge in [0, 0.05) is 26.7 Å². The number of guanidine groups is 1. The van der Waals surface area contributed by atoms with Gasteiger partial charge in [0.2, 0.25) is 0 Å². The molecule has 24 heavy (non-hydrogen) atoms. The molecule has 0 spiro atoms. The second-order valence-electron chi connectivity index (χ2n) is 5.35. The van der Waals surface area contributed by atoms with Gasteiger partial charge in [-0.15, -0.1) is 24.0 Å². The van der Waals surface area contributed by atoms with Gasteiger partial charge in [-0.25, -0.2) is 0 Å². The van der Waals surface area contributed by atoms with Crippen LogP contribution < -0.4 is 10.6 Å². The Balaban J connectivity index is 0.00000288. The van der Waals surface area contributed by atoms with Crippen molar-refractivity contribution in [2.45, 2.75) is 25.9 Å². The summed E-state index contributed by atoms with van der Waals surface area (Å²) in [6.45, 7) is 4.53. The zero-order valence-corrected chi connectivity index (χ0v) is 16.6. The highest BCUT2D eigenvalue weighted by Crippen LogP contribution is 2.10. The molecule has 0 bridgehead atoms. The second kappa shape index (κ2) is 13.3. The van der Waals surface area contributed by atoms with Crippen LogP contribution in [0.4, 0.5) is 0 Å². The van der Waals surface area contributed by atoms with Gasteiger partial charge in [0.05, 0.1) is 19.5 Å². The van der Waals surface area contributed by atoms with Crippen LogP contribution in [0.5, 0.6) is 0 Å². The molecule has 0 unspecified atom stereocenters. The molecule has 1 aromatic heterocycles. The van der Waals surface area contributed by atoms with Crippen LogP contribution in [0.25, 0.3) is 0 Å². The van der Waals surface area contributed by atoms with Crippen LogP contribution in [0.3, 0.4) is 0 Å². The summed E-state index contributed by atoms with van der Waals surface area (Å²) in [5, 5.41) is 6.62. The molecule has 136 valence electrons. The van der Waals surface area contributed by atoms with E-state index in [2.05, 4.69) is 21.7 Å². The summed E-state index contributed by atoms with van der Waals surface area (Å²) in [6, 6.07) is 3.78. The van der Waals surface area contributed by atoms with E-state index in [1.165, 1.54) is 5.57 Å². The summed E-state index contributed by atoms with van der Waals surface area (Å²) in [5.41, 5.74) is 1.46. The number of aliphatic imine (C=N–C) groups is 1. The van der Waals surface area contributed by atoms with Crippen molar-refractivity contribution in [1.82, 2.24) is 10.6 Å². The maximum Gasteiger partial charge on any atom is 0.190 e. The zero-order valence-electron chi connectivity index (χ0n) is 14.3. The number of furan rings is 1. The molecule has 0 saturated carbocycles. The van der Waals surface area contributed by atoms with Crippen LogP contribution in [0, 0.1) is 0 Å². The van der Waals surface area contributed by atoms with E-state index < -0.39 is 0 Å². The van der Waals surface area contributed by atoms with E-state index in [9.17, 15) is 0 Å². The third kappa shape index (κ3) is 8.70. The molecular weight excluding hydrogens is 421 g/mol. The molecule has 1 aliphatic heterocycles. The van der Waals surface area contributed by atoms with E-state index in [0.29, 0.717) is 13.2 Å². The highest BCUT2D eigenvalue weighted by molar-refractivity contribution is 14.0. The largest absolute Gasteiger partial charge is 0.467 e. The van der Waals surface area contributed by atoms with Gasteiger partial charge in [0.1, 0.15) is 12.4 Å². The summed E-state index contributed by atoms with van der Waals surface area (Å²) >= 11 is 0. The summed E-state index contributed by atoms with van der Waals surface area (Å²) in [6.07, 6.45) is 6.84. The Hall–Kier alpha value is -1.06. The predicted octanol–water partition coefficient (Wildman–Crippen LogP) is 2.71. The average molecular weight is 449 g/mol. The Labute approximate surface area is 161 Å².